The van der Waals surface area contributed by atoms with Crippen molar-refractivity contribution in [2.24, 2.45) is 0 Å². The fraction of sp³-hybridized carbons (Fsp3) is 0.500. The molecule has 3 rings (SSSR count). The maximum absolute atomic E-state index is 12.8. The zero-order valence-electron chi connectivity index (χ0n) is 15.2. The molecule has 1 aromatic carbocycles. The summed E-state index contributed by atoms with van der Waals surface area (Å²) < 4.78 is 0. The normalized spacial score (nSPS) is 19.2. The molecular weight excluding hydrogens is 300 g/mol. The zero-order valence-corrected chi connectivity index (χ0v) is 15.2. The Morgan fingerprint density at radius 3 is 2.50 bits per heavy atom. The van der Waals surface area contributed by atoms with E-state index in [2.05, 4.69) is 12.1 Å². The molecule has 4 nitrogen and oxygen atoms in total. The SMILES string of the molecule is CC.CCC(=O)N1CCN(C(=O)C2=Cc3ccccc3C2)C(C)C1. The first-order valence-corrected chi connectivity index (χ1v) is 8.97. The summed E-state index contributed by atoms with van der Waals surface area (Å²) >= 11 is 0. The van der Waals surface area contributed by atoms with E-state index in [-0.39, 0.29) is 17.9 Å². The first-order chi connectivity index (χ1) is 11.6. The van der Waals surface area contributed by atoms with Crippen LogP contribution >= 0.6 is 0 Å². The number of rotatable bonds is 2. The van der Waals surface area contributed by atoms with Crippen molar-refractivity contribution in [3.05, 3.63) is 41.0 Å². The summed E-state index contributed by atoms with van der Waals surface area (Å²) in [6, 6.07) is 8.21. The summed E-state index contributed by atoms with van der Waals surface area (Å²) in [4.78, 5) is 28.4. The molecule has 0 N–H and O–H groups in total. The van der Waals surface area contributed by atoms with Gasteiger partial charge in [0.2, 0.25) is 5.91 Å². The second-order valence-corrected chi connectivity index (χ2v) is 6.09. The summed E-state index contributed by atoms with van der Waals surface area (Å²) in [6.07, 6.45) is 3.25. The van der Waals surface area contributed by atoms with Gasteiger partial charge in [0.1, 0.15) is 0 Å². The highest BCUT2D eigenvalue weighted by Gasteiger charge is 2.31. The molecule has 2 amide bonds. The van der Waals surface area contributed by atoms with Gasteiger partial charge in [-0.25, -0.2) is 0 Å². The minimum Gasteiger partial charge on any atom is -0.339 e. The van der Waals surface area contributed by atoms with Gasteiger partial charge in [-0.05, 0) is 24.1 Å². The average Bonchev–Trinajstić information content (AvgIpc) is 3.06. The lowest BCUT2D eigenvalue weighted by atomic mass is 10.1. The highest BCUT2D eigenvalue weighted by atomic mass is 16.2. The van der Waals surface area contributed by atoms with Gasteiger partial charge in [0.25, 0.3) is 5.91 Å². The zero-order chi connectivity index (χ0) is 17.7. The van der Waals surface area contributed by atoms with Crippen LogP contribution < -0.4 is 0 Å². The fourth-order valence-corrected chi connectivity index (χ4v) is 3.31. The lowest BCUT2D eigenvalue weighted by Crippen LogP contribution is -2.55. The van der Waals surface area contributed by atoms with E-state index in [9.17, 15) is 9.59 Å². The van der Waals surface area contributed by atoms with E-state index < -0.39 is 0 Å². The van der Waals surface area contributed by atoms with Crippen LogP contribution in [-0.2, 0) is 16.0 Å². The maximum atomic E-state index is 12.8. The van der Waals surface area contributed by atoms with Crippen molar-refractivity contribution in [3.8, 4) is 0 Å². The quantitative estimate of drug-likeness (QED) is 0.837. The first kappa shape index (κ1) is 18.2. The van der Waals surface area contributed by atoms with E-state index in [0.29, 0.717) is 26.1 Å². The summed E-state index contributed by atoms with van der Waals surface area (Å²) in [6.45, 7) is 9.81. The lowest BCUT2D eigenvalue weighted by molar-refractivity contribution is -0.140. The van der Waals surface area contributed by atoms with Gasteiger partial charge in [-0.1, -0.05) is 45.0 Å². The van der Waals surface area contributed by atoms with Gasteiger partial charge in [0.05, 0.1) is 0 Å². The van der Waals surface area contributed by atoms with Gasteiger partial charge in [0.15, 0.2) is 0 Å². The molecule has 4 heteroatoms. The van der Waals surface area contributed by atoms with E-state index in [1.165, 1.54) is 5.56 Å². The average molecular weight is 328 g/mol. The van der Waals surface area contributed by atoms with Crippen molar-refractivity contribution in [2.45, 2.75) is 46.6 Å². The van der Waals surface area contributed by atoms with Crippen LogP contribution in [0.5, 0.6) is 0 Å². The number of hydrogen-bond acceptors (Lipinski definition) is 2. The minimum absolute atomic E-state index is 0.0707. The molecule has 2 aliphatic rings. The number of amides is 2. The molecule has 1 unspecified atom stereocenters. The molecule has 1 aliphatic carbocycles. The van der Waals surface area contributed by atoms with Gasteiger partial charge >= 0.3 is 0 Å². The summed E-state index contributed by atoms with van der Waals surface area (Å²) in [5, 5.41) is 0. The third kappa shape index (κ3) is 3.69. The predicted octanol–water partition coefficient (Wildman–Crippen LogP) is 3.12. The molecule has 0 spiro atoms. The standard InChI is InChI=1S/C18H22N2O2.C2H6/c1-3-17(21)19-8-9-20(13(2)12-19)18(22)16-10-14-6-4-5-7-15(14)11-16;1-2/h4-7,10,13H,3,8-9,11-12H2,1-2H3;1-2H3. The molecule has 1 aliphatic heterocycles. The van der Waals surface area contributed by atoms with Crippen LogP contribution in [0.2, 0.25) is 0 Å². The van der Waals surface area contributed by atoms with Crippen molar-refractivity contribution in [1.29, 1.82) is 0 Å². The van der Waals surface area contributed by atoms with Crippen LogP contribution in [0, 0.1) is 0 Å². The van der Waals surface area contributed by atoms with E-state index in [1.54, 1.807) is 0 Å². The molecule has 0 radical (unpaired) electrons. The van der Waals surface area contributed by atoms with Gasteiger partial charge in [0, 0.05) is 44.1 Å². The highest BCUT2D eigenvalue weighted by molar-refractivity contribution is 6.00. The molecular formula is C20H28N2O2. The Morgan fingerprint density at radius 2 is 1.88 bits per heavy atom. The van der Waals surface area contributed by atoms with E-state index in [0.717, 1.165) is 17.6 Å². The van der Waals surface area contributed by atoms with E-state index >= 15 is 0 Å². The summed E-state index contributed by atoms with van der Waals surface area (Å²) in [5.41, 5.74) is 3.24. The Morgan fingerprint density at radius 1 is 1.17 bits per heavy atom. The van der Waals surface area contributed by atoms with Gasteiger partial charge in [-0.15, -0.1) is 0 Å². The Labute approximate surface area is 145 Å². The van der Waals surface area contributed by atoms with Crippen LogP contribution in [0.15, 0.2) is 29.8 Å². The predicted molar refractivity (Wildman–Crippen MR) is 97.5 cm³/mol. The molecule has 0 bridgehead atoms. The number of nitrogens with zero attached hydrogens (tertiary/aromatic N) is 2. The van der Waals surface area contributed by atoms with Gasteiger partial charge in [-0.2, -0.15) is 0 Å². The van der Waals surface area contributed by atoms with Crippen molar-refractivity contribution in [1.82, 2.24) is 9.80 Å². The van der Waals surface area contributed by atoms with Crippen LogP contribution in [0.1, 0.15) is 45.2 Å². The van der Waals surface area contributed by atoms with Crippen LogP contribution in [-0.4, -0.2) is 47.3 Å². The van der Waals surface area contributed by atoms with Crippen molar-refractivity contribution >= 4 is 17.9 Å². The number of hydrogen-bond donors (Lipinski definition) is 0. The third-order valence-corrected chi connectivity index (χ3v) is 4.58. The summed E-state index contributed by atoms with van der Waals surface area (Å²) in [5.74, 6) is 0.290. The number of carbonyl (C=O) groups is 2. The van der Waals surface area contributed by atoms with E-state index in [1.807, 2.05) is 55.7 Å². The monoisotopic (exact) mass is 328 g/mol. The first-order valence-electron chi connectivity index (χ1n) is 8.97. The van der Waals surface area contributed by atoms with Crippen LogP contribution in [0.25, 0.3) is 6.08 Å². The van der Waals surface area contributed by atoms with Gasteiger partial charge < -0.3 is 9.80 Å². The van der Waals surface area contributed by atoms with Crippen LogP contribution in [0.4, 0.5) is 0 Å². The molecule has 1 aromatic rings. The fourth-order valence-electron chi connectivity index (χ4n) is 3.31. The Kier molecular flexibility index (Phi) is 6.18. The summed E-state index contributed by atoms with van der Waals surface area (Å²) in [7, 11) is 0. The molecule has 0 aromatic heterocycles. The molecule has 1 heterocycles. The van der Waals surface area contributed by atoms with Gasteiger partial charge in [-0.3, -0.25) is 9.59 Å². The maximum Gasteiger partial charge on any atom is 0.250 e. The Hall–Kier alpha value is -2.10. The molecule has 1 atom stereocenters. The largest absolute Gasteiger partial charge is 0.339 e. The second-order valence-electron chi connectivity index (χ2n) is 6.09. The number of piperazine rings is 1. The topological polar surface area (TPSA) is 40.6 Å². The van der Waals surface area contributed by atoms with Crippen molar-refractivity contribution in [3.63, 3.8) is 0 Å². The number of fused-ring (bicyclic) bond motifs is 1. The lowest BCUT2D eigenvalue weighted by Gasteiger charge is -2.40. The number of benzene rings is 1. The molecule has 130 valence electrons. The molecule has 0 saturated carbocycles. The van der Waals surface area contributed by atoms with Crippen LogP contribution in [0.3, 0.4) is 0 Å². The molecule has 24 heavy (non-hydrogen) atoms. The Bertz CT molecular complexity index is 636. The molecule has 1 fully saturated rings. The van der Waals surface area contributed by atoms with Crippen molar-refractivity contribution in [2.75, 3.05) is 19.6 Å². The second kappa shape index (κ2) is 8.13. The number of carbonyl (C=O) groups excluding carboxylic acids is 2. The minimum atomic E-state index is 0.0707. The van der Waals surface area contributed by atoms with Crippen molar-refractivity contribution < 1.29 is 9.59 Å². The van der Waals surface area contributed by atoms with E-state index in [4.69, 9.17) is 0 Å². The Balaban J connectivity index is 0.00000100. The highest BCUT2D eigenvalue weighted by Crippen LogP contribution is 2.27. The smallest absolute Gasteiger partial charge is 0.250 e. The molecule has 1 saturated heterocycles. The third-order valence-electron chi connectivity index (χ3n) is 4.58.